The van der Waals surface area contributed by atoms with E-state index in [0.717, 1.165) is 12.8 Å². The molecule has 0 aliphatic rings. The lowest BCUT2D eigenvalue weighted by atomic mass is 10.0. The van der Waals surface area contributed by atoms with E-state index in [-0.39, 0.29) is 22.8 Å². The maximum atomic E-state index is 11.2. The van der Waals surface area contributed by atoms with Gasteiger partial charge in [-0.05, 0) is 40.5 Å². The van der Waals surface area contributed by atoms with Gasteiger partial charge in [0, 0.05) is 12.1 Å². The van der Waals surface area contributed by atoms with Crippen molar-refractivity contribution < 1.29 is 9.53 Å². The van der Waals surface area contributed by atoms with Crippen LogP contribution in [0, 0.1) is 0 Å². The van der Waals surface area contributed by atoms with Crippen LogP contribution in [0.5, 0.6) is 0 Å². The van der Waals surface area contributed by atoms with Gasteiger partial charge in [0.05, 0.1) is 11.4 Å². The van der Waals surface area contributed by atoms with Crippen molar-refractivity contribution in [3.63, 3.8) is 0 Å². The average Bonchev–Trinajstić information content (AvgIpc) is 2.16. The first-order chi connectivity index (χ1) is 7.22. The molecule has 0 atom stereocenters. The molecule has 0 heterocycles. The minimum Gasteiger partial charge on any atom is -0.375 e. The van der Waals surface area contributed by atoms with Crippen LogP contribution in [-0.2, 0) is 9.53 Å². The van der Waals surface area contributed by atoms with Gasteiger partial charge in [0.1, 0.15) is 0 Å². The Bertz CT molecular complexity index is 227. The zero-order chi connectivity index (χ0) is 12.8. The molecule has 3 nitrogen and oxygen atoms in total. The van der Waals surface area contributed by atoms with Crippen LogP contribution in [0.1, 0.15) is 47.5 Å². The van der Waals surface area contributed by atoms with Crippen LogP contribution in [0.25, 0.3) is 0 Å². The molecule has 96 valence electrons. The third-order valence-electron chi connectivity index (χ3n) is 2.69. The quantitative estimate of drug-likeness (QED) is 0.678. The fourth-order valence-corrected chi connectivity index (χ4v) is 1.24. The van der Waals surface area contributed by atoms with E-state index in [2.05, 4.69) is 38.7 Å². The number of hydrogen-bond acceptors (Lipinski definition) is 3. The number of thiol groups is 1. The summed E-state index contributed by atoms with van der Waals surface area (Å²) in [5.74, 6) is 0.188. The Morgan fingerprint density at radius 2 is 1.88 bits per heavy atom. The minimum absolute atomic E-state index is 0.0388. The van der Waals surface area contributed by atoms with Crippen molar-refractivity contribution in [3.8, 4) is 0 Å². The second-order valence-electron chi connectivity index (χ2n) is 5.30. The second kappa shape index (κ2) is 6.50. The van der Waals surface area contributed by atoms with Gasteiger partial charge in [0.2, 0.25) is 5.91 Å². The number of ether oxygens (including phenoxy) is 1. The number of carbonyl (C=O) groups is 1. The fourth-order valence-electron chi connectivity index (χ4n) is 1.16. The van der Waals surface area contributed by atoms with Crippen LogP contribution < -0.4 is 5.32 Å². The molecule has 0 aromatic carbocycles. The lowest BCUT2D eigenvalue weighted by Gasteiger charge is -2.29. The summed E-state index contributed by atoms with van der Waals surface area (Å²) in [5.41, 5.74) is -0.312. The number of hydrogen-bond donors (Lipinski definition) is 2. The van der Waals surface area contributed by atoms with E-state index in [1.54, 1.807) is 0 Å². The van der Waals surface area contributed by atoms with Crippen LogP contribution >= 0.6 is 12.6 Å². The molecule has 0 bridgehead atoms. The van der Waals surface area contributed by atoms with Crippen molar-refractivity contribution in [2.24, 2.45) is 0 Å². The van der Waals surface area contributed by atoms with Gasteiger partial charge in [-0.25, -0.2) is 0 Å². The predicted molar refractivity (Wildman–Crippen MR) is 71.0 cm³/mol. The van der Waals surface area contributed by atoms with Crippen molar-refractivity contribution in [2.75, 3.05) is 12.4 Å². The highest BCUT2D eigenvalue weighted by atomic mass is 32.1. The number of carbonyl (C=O) groups excluding carboxylic acids is 1. The van der Waals surface area contributed by atoms with Gasteiger partial charge in [0.25, 0.3) is 0 Å². The van der Waals surface area contributed by atoms with Crippen molar-refractivity contribution in [1.29, 1.82) is 0 Å². The Kier molecular flexibility index (Phi) is 6.41. The Hall–Kier alpha value is -0.220. The Morgan fingerprint density at radius 3 is 2.31 bits per heavy atom. The molecule has 16 heavy (non-hydrogen) atoms. The molecule has 0 spiro atoms. The molecular weight excluding hydrogens is 222 g/mol. The standard InChI is InChI=1S/C12H25NO2S/c1-6-12(4,5)15-8-7-11(2,3)13-10(14)9-16/h16H,6-9H2,1-5H3,(H,13,14). The number of amides is 1. The second-order valence-corrected chi connectivity index (χ2v) is 5.62. The van der Waals surface area contributed by atoms with Crippen molar-refractivity contribution in [3.05, 3.63) is 0 Å². The SMILES string of the molecule is CCC(C)(C)OCCC(C)(C)NC(=O)CS. The monoisotopic (exact) mass is 247 g/mol. The third kappa shape index (κ3) is 7.12. The molecular formula is C12H25NO2S. The molecule has 0 aliphatic heterocycles. The average molecular weight is 247 g/mol. The molecule has 0 saturated heterocycles. The minimum atomic E-state index is -0.233. The molecule has 0 unspecified atom stereocenters. The molecule has 0 radical (unpaired) electrons. The molecule has 1 N–H and O–H groups in total. The normalized spacial score (nSPS) is 12.6. The van der Waals surface area contributed by atoms with Gasteiger partial charge in [-0.15, -0.1) is 0 Å². The lowest BCUT2D eigenvalue weighted by molar-refractivity contribution is -0.120. The van der Waals surface area contributed by atoms with Crippen molar-refractivity contribution >= 4 is 18.5 Å². The Balaban J connectivity index is 3.95. The van der Waals surface area contributed by atoms with Gasteiger partial charge in [-0.1, -0.05) is 6.92 Å². The van der Waals surface area contributed by atoms with E-state index in [1.165, 1.54) is 0 Å². The van der Waals surface area contributed by atoms with Gasteiger partial charge in [0.15, 0.2) is 0 Å². The van der Waals surface area contributed by atoms with Gasteiger partial charge >= 0.3 is 0 Å². The smallest absolute Gasteiger partial charge is 0.230 e. The molecule has 0 fully saturated rings. The van der Waals surface area contributed by atoms with Crippen molar-refractivity contribution in [2.45, 2.75) is 58.6 Å². The highest BCUT2D eigenvalue weighted by Crippen LogP contribution is 2.16. The summed E-state index contributed by atoms with van der Waals surface area (Å²) < 4.78 is 5.76. The Labute approximate surface area is 105 Å². The summed E-state index contributed by atoms with van der Waals surface area (Å²) in [5, 5.41) is 2.91. The number of rotatable bonds is 7. The van der Waals surface area contributed by atoms with Crippen LogP contribution in [0.15, 0.2) is 0 Å². The van der Waals surface area contributed by atoms with E-state index in [0.29, 0.717) is 6.61 Å². The van der Waals surface area contributed by atoms with Gasteiger partial charge in [-0.2, -0.15) is 12.6 Å². The largest absolute Gasteiger partial charge is 0.375 e. The van der Waals surface area contributed by atoms with E-state index >= 15 is 0 Å². The molecule has 0 rings (SSSR count). The van der Waals surface area contributed by atoms with Crippen LogP contribution in [0.2, 0.25) is 0 Å². The molecule has 0 aromatic heterocycles. The zero-order valence-electron chi connectivity index (χ0n) is 11.1. The molecule has 1 amide bonds. The van der Waals surface area contributed by atoms with Crippen molar-refractivity contribution in [1.82, 2.24) is 5.32 Å². The number of nitrogens with one attached hydrogen (secondary N) is 1. The van der Waals surface area contributed by atoms with Crippen LogP contribution in [0.4, 0.5) is 0 Å². The molecule has 0 aromatic rings. The highest BCUT2D eigenvalue weighted by molar-refractivity contribution is 7.81. The third-order valence-corrected chi connectivity index (χ3v) is 2.98. The van der Waals surface area contributed by atoms with E-state index < -0.39 is 0 Å². The predicted octanol–water partition coefficient (Wildman–Crippen LogP) is 2.41. The highest BCUT2D eigenvalue weighted by Gasteiger charge is 2.22. The first-order valence-corrected chi connectivity index (χ1v) is 6.41. The summed E-state index contributed by atoms with van der Waals surface area (Å²) in [6, 6.07) is 0. The van der Waals surface area contributed by atoms with Gasteiger partial charge < -0.3 is 10.1 Å². The van der Waals surface area contributed by atoms with E-state index in [4.69, 9.17) is 4.74 Å². The van der Waals surface area contributed by atoms with Crippen LogP contribution in [0.3, 0.4) is 0 Å². The van der Waals surface area contributed by atoms with E-state index in [9.17, 15) is 4.79 Å². The first kappa shape index (κ1) is 15.8. The Morgan fingerprint density at radius 1 is 1.31 bits per heavy atom. The summed E-state index contributed by atoms with van der Waals surface area (Å²) in [7, 11) is 0. The fraction of sp³-hybridized carbons (Fsp3) is 0.917. The molecule has 0 saturated carbocycles. The first-order valence-electron chi connectivity index (χ1n) is 5.78. The van der Waals surface area contributed by atoms with Gasteiger partial charge in [-0.3, -0.25) is 4.79 Å². The summed E-state index contributed by atoms with van der Waals surface area (Å²) in [4.78, 5) is 11.2. The lowest BCUT2D eigenvalue weighted by Crippen LogP contribution is -2.45. The summed E-state index contributed by atoms with van der Waals surface area (Å²) in [6.07, 6.45) is 1.78. The molecule has 4 heteroatoms. The van der Waals surface area contributed by atoms with Crippen LogP contribution in [-0.4, -0.2) is 29.4 Å². The topological polar surface area (TPSA) is 38.3 Å². The maximum Gasteiger partial charge on any atom is 0.230 e. The maximum absolute atomic E-state index is 11.2. The zero-order valence-corrected chi connectivity index (χ0v) is 12.0. The summed E-state index contributed by atoms with van der Waals surface area (Å²) >= 11 is 3.94. The summed E-state index contributed by atoms with van der Waals surface area (Å²) in [6.45, 7) is 10.9. The molecule has 0 aliphatic carbocycles. The van der Waals surface area contributed by atoms with E-state index in [1.807, 2.05) is 13.8 Å².